The Hall–Kier alpha value is -3.74. The van der Waals surface area contributed by atoms with Crippen LogP contribution in [0.15, 0.2) is 60.8 Å². The van der Waals surface area contributed by atoms with E-state index in [1.54, 1.807) is 18.3 Å². The first-order valence-electron chi connectivity index (χ1n) is 10.2. The fourth-order valence-electron chi connectivity index (χ4n) is 3.55. The van der Waals surface area contributed by atoms with Gasteiger partial charge in [0.05, 0.1) is 0 Å². The van der Waals surface area contributed by atoms with E-state index in [9.17, 15) is 9.18 Å². The van der Waals surface area contributed by atoms with E-state index in [1.165, 1.54) is 12.1 Å². The first-order chi connectivity index (χ1) is 15.0. The molecule has 158 valence electrons. The number of amides is 2. The minimum absolute atomic E-state index is 0.237. The van der Waals surface area contributed by atoms with E-state index < -0.39 is 0 Å². The van der Waals surface area contributed by atoms with Crippen LogP contribution >= 0.6 is 0 Å². The number of hydrogen-bond acceptors (Lipinski definition) is 3. The standard InChI is InChI=1S/C24H24FN5O/c1-16-6-11-20(17(2)15-16)29-24(31)27-13-4-14-30-22(18-7-9-19(25)10-8-18)28-21-5-3-12-26-23(21)30/h3,5-12,15H,4,13-14H2,1-2H3,(H2,27,29,31). The largest absolute Gasteiger partial charge is 0.338 e. The van der Waals surface area contributed by atoms with Crippen LogP contribution in [-0.4, -0.2) is 27.1 Å². The van der Waals surface area contributed by atoms with Gasteiger partial charge in [-0.15, -0.1) is 0 Å². The summed E-state index contributed by atoms with van der Waals surface area (Å²) in [5.41, 5.74) is 5.34. The molecule has 2 amide bonds. The van der Waals surface area contributed by atoms with Crippen LogP contribution in [0.1, 0.15) is 17.5 Å². The van der Waals surface area contributed by atoms with Crippen LogP contribution in [0.3, 0.4) is 0 Å². The molecule has 0 bridgehead atoms. The Morgan fingerprint density at radius 2 is 1.90 bits per heavy atom. The SMILES string of the molecule is Cc1ccc(NC(=O)NCCCn2c(-c3ccc(F)cc3)nc3cccnc32)c(C)c1. The summed E-state index contributed by atoms with van der Waals surface area (Å²) in [6.45, 7) is 5.10. The molecule has 0 saturated heterocycles. The Labute approximate surface area is 180 Å². The van der Waals surface area contributed by atoms with Crippen molar-refractivity contribution in [1.82, 2.24) is 19.9 Å². The van der Waals surface area contributed by atoms with Gasteiger partial charge in [-0.3, -0.25) is 0 Å². The van der Waals surface area contributed by atoms with Crippen molar-refractivity contribution in [2.75, 3.05) is 11.9 Å². The summed E-state index contributed by atoms with van der Waals surface area (Å²) in [4.78, 5) is 21.4. The number of carbonyl (C=O) groups excluding carboxylic acids is 1. The fraction of sp³-hybridized carbons (Fsp3) is 0.208. The normalized spacial score (nSPS) is 10.9. The Kier molecular flexibility index (Phi) is 5.93. The van der Waals surface area contributed by atoms with E-state index in [2.05, 4.69) is 20.6 Å². The molecule has 0 unspecified atom stereocenters. The molecule has 31 heavy (non-hydrogen) atoms. The highest BCUT2D eigenvalue weighted by Crippen LogP contribution is 2.24. The molecular formula is C24H24FN5O. The zero-order valence-electron chi connectivity index (χ0n) is 17.5. The number of anilines is 1. The third kappa shape index (κ3) is 4.71. The van der Waals surface area contributed by atoms with Gasteiger partial charge in [-0.1, -0.05) is 17.7 Å². The van der Waals surface area contributed by atoms with Crippen LogP contribution in [0.4, 0.5) is 14.9 Å². The van der Waals surface area contributed by atoms with Gasteiger partial charge in [0.2, 0.25) is 0 Å². The van der Waals surface area contributed by atoms with Gasteiger partial charge in [0.15, 0.2) is 5.65 Å². The summed E-state index contributed by atoms with van der Waals surface area (Å²) in [5, 5.41) is 5.78. The van der Waals surface area contributed by atoms with Crippen molar-refractivity contribution in [2.45, 2.75) is 26.8 Å². The molecule has 7 heteroatoms. The number of rotatable bonds is 6. The second kappa shape index (κ2) is 8.95. The zero-order chi connectivity index (χ0) is 21.8. The van der Waals surface area contributed by atoms with Crippen molar-refractivity contribution in [2.24, 2.45) is 0 Å². The molecule has 0 radical (unpaired) electrons. The number of urea groups is 1. The summed E-state index contributed by atoms with van der Waals surface area (Å²) >= 11 is 0. The quantitative estimate of drug-likeness (QED) is 0.431. The lowest BCUT2D eigenvalue weighted by Crippen LogP contribution is -2.30. The van der Waals surface area contributed by atoms with Gasteiger partial charge < -0.3 is 15.2 Å². The monoisotopic (exact) mass is 417 g/mol. The van der Waals surface area contributed by atoms with E-state index in [0.717, 1.165) is 39.4 Å². The number of hydrogen-bond donors (Lipinski definition) is 2. The molecular weight excluding hydrogens is 393 g/mol. The van der Waals surface area contributed by atoms with Gasteiger partial charge in [0.25, 0.3) is 0 Å². The first-order valence-corrected chi connectivity index (χ1v) is 10.2. The number of aryl methyl sites for hydroxylation is 3. The number of aromatic nitrogens is 3. The van der Waals surface area contributed by atoms with Crippen molar-refractivity contribution in [3.63, 3.8) is 0 Å². The highest BCUT2D eigenvalue weighted by Gasteiger charge is 2.13. The number of pyridine rings is 1. The third-order valence-corrected chi connectivity index (χ3v) is 5.08. The number of imidazole rings is 1. The lowest BCUT2D eigenvalue weighted by molar-refractivity contribution is 0.252. The number of halogens is 1. The van der Waals surface area contributed by atoms with Crippen LogP contribution in [0, 0.1) is 19.7 Å². The van der Waals surface area contributed by atoms with Crippen molar-refractivity contribution < 1.29 is 9.18 Å². The lowest BCUT2D eigenvalue weighted by atomic mass is 10.1. The summed E-state index contributed by atoms with van der Waals surface area (Å²) in [7, 11) is 0. The number of fused-ring (bicyclic) bond motifs is 1. The van der Waals surface area contributed by atoms with Crippen LogP contribution in [-0.2, 0) is 6.54 Å². The fourth-order valence-corrected chi connectivity index (χ4v) is 3.55. The molecule has 0 aliphatic carbocycles. The lowest BCUT2D eigenvalue weighted by Gasteiger charge is -2.12. The molecule has 2 heterocycles. The molecule has 4 rings (SSSR count). The molecule has 4 aromatic rings. The van der Waals surface area contributed by atoms with Crippen molar-refractivity contribution in [3.8, 4) is 11.4 Å². The van der Waals surface area contributed by atoms with Gasteiger partial charge in [-0.25, -0.2) is 19.2 Å². The van der Waals surface area contributed by atoms with E-state index in [4.69, 9.17) is 0 Å². The number of nitrogens with one attached hydrogen (secondary N) is 2. The summed E-state index contributed by atoms with van der Waals surface area (Å²) in [6, 6.07) is 15.7. The second-order valence-electron chi connectivity index (χ2n) is 7.49. The van der Waals surface area contributed by atoms with Crippen LogP contribution in [0.25, 0.3) is 22.6 Å². The molecule has 2 N–H and O–H groups in total. The van der Waals surface area contributed by atoms with Gasteiger partial charge in [0, 0.05) is 30.5 Å². The summed E-state index contributed by atoms with van der Waals surface area (Å²) in [6.07, 6.45) is 2.42. The molecule has 0 aliphatic heterocycles. The van der Waals surface area contributed by atoms with E-state index >= 15 is 0 Å². The number of carbonyl (C=O) groups is 1. The molecule has 2 aromatic carbocycles. The van der Waals surface area contributed by atoms with Crippen molar-refractivity contribution in [1.29, 1.82) is 0 Å². The molecule has 2 aromatic heterocycles. The predicted octanol–water partition coefficient (Wildman–Crippen LogP) is 5.07. The van der Waals surface area contributed by atoms with Crippen LogP contribution in [0.2, 0.25) is 0 Å². The summed E-state index contributed by atoms with van der Waals surface area (Å²) in [5.74, 6) is 0.442. The Bertz CT molecular complexity index is 1220. The Balaban J connectivity index is 1.42. The maximum absolute atomic E-state index is 13.3. The average Bonchev–Trinajstić information content (AvgIpc) is 3.12. The Morgan fingerprint density at radius 3 is 2.68 bits per heavy atom. The van der Waals surface area contributed by atoms with E-state index in [0.29, 0.717) is 19.5 Å². The smallest absolute Gasteiger partial charge is 0.319 e. The van der Waals surface area contributed by atoms with E-state index in [-0.39, 0.29) is 11.8 Å². The molecule has 0 spiro atoms. The molecule has 6 nitrogen and oxygen atoms in total. The van der Waals surface area contributed by atoms with E-state index in [1.807, 2.05) is 48.7 Å². The number of benzene rings is 2. The first kappa shape index (κ1) is 20.5. The van der Waals surface area contributed by atoms with Gasteiger partial charge in [-0.05, 0) is 68.3 Å². The molecule has 0 aliphatic rings. The minimum Gasteiger partial charge on any atom is -0.338 e. The summed E-state index contributed by atoms with van der Waals surface area (Å²) < 4.78 is 15.4. The predicted molar refractivity (Wildman–Crippen MR) is 120 cm³/mol. The van der Waals surface area contributed by atoms with Crippen molar-refractivity contribution >= 4 is 22.9 Å². The van der Waals surface area contributed by atoms with Gasteiger partial charge in [0.1, 0.15) is 17.2 Å². The zero-order valence-corrected chi connectivity index (χ0v) is 17.5. The average molecular weight is 417 g/mol. The molecule has 0 saturated carbocycles. The maximum Gasteiger partial charge on any atom is 0.319 e. The number of nitrogens with zero attached hydrogens (tertiary/aromatic N) is 3. The Morgan fingerprint density at radius 1 is 1.10 bits per heavy atom. The maximum atomic E-state index is 13.3. The van der Waals surface area contributed by atoms with Crippen molar-refractivity contribution in [3.05, 3.63) is 77.7 Å². The highest BCUT2D eigenvalue weighted by atomic mass is 19.1. The second-order valence-corrected chi connectivity index (χ2v) is 7.49. The van der Waals surface area contributed by atoms with Crippen LogP contribution in [0.5, 0.6) is 0 Å². The molecule has 0 atom stereocenters. The minimum atomic E-state index is -0.288. The van der Waals surface area contributed by atoms with Crippen LogP contribution < -0.4 is 10.6 Å². The molecule has 0 fully saturated rings. The third-order valence-electron chi connectivity index (χ3n) is 5.08. The topological polar surface area (TPSA) is 71.8 Å². The van der Waals surface area contributed by atoms with Gasteiger partial charge >= 0.3 is 6.03 Å². The van der Waals surface area contributed by atoms with Gasteiger partial charge in [-0.2, -0.15) is 0 Å². The highest BCUT2D eigenvalue weighted by molar-refractivity contribution is 5.90.